The molecule has 7 heteroatoms. The fraction of sp³-hybridized carbons (Fsp3) is 0.357. The summed E-state index contributed by atoms with van der Waals surface area (Å²) >= 11 is 0. The maximum atomic E-state index is 11.6. The van der Waals surface area contributed by atoms with Crippen molar-refractivity contribution in [1.29, 1.82) is 0 Å². The molecule has 0 aliphatic rings. The summed E-state index contributed by atoms with van der Waals surface area (Å²) in [6.45, 7) is 1.94. The van der Waals surface area contributed by atoms with Crippen LogP contribution in [0.1, 0.15) is 19.0 Å². The Morgan fingerprint density at radius 1 is 1.29 bits per heavy atom. The van der Waals surface area contributed by atoms with Gasteiger partial charge in [0.1, 0.15) is 5.75 Å². The smallest absolute Gasteiger partial charge is 0.211 e. The van der Waals surface area contributed by atoms with Crippen LogP contribution in [0.3, 0.4) is 0 Å². The minimum atomic E-state index is -3.24. The topological polar surface area (TPSA) is 81.4 Å². The van der Waals surface area contributed by atoms with Gasteiger partial charge in [-0.15, -0.1) is 0 Å². The van der Waals surface area contributed by atoms with Gasteiger partial charge in [-0.3, -0.25) is 0 Å². The number of sulfonamides is 1. The van der Waals surface area contributed by atoms with Gasteiger partial charge in [0.25, 0.3) is 0 Å². The zero-order valence-electron chi connectivity index (χ0n) is 12.0. The summed E-state index contributed by atoms with van der Waals surface area (Å²) in [6.07, 6.45) is 0.575. The normalized spacial score (nSPS) is 11.5. The molecule has 114 valence electrons. The molecule has 0 radical (unpaired) electrons. The van der Waals surface area contributed by atoms with E-state index < -0.39 is 10.0 Å². The molecule has 0 amide bonds. The summed E-state index contributed by atoms with van der Waals surface area (Å²) in [5.41, 5.74) is 1.39. The van der Waals surface area contributed by atoms with Gasteiger partial charge >= 0.3 is 0 Å². The first-order valence-electron chi connectivity index (χ1n) is 6.61. The number of nitrogens with one attached hydrogen (secondary N) is 1. The molecule has 21 heavy (non-hydrogen) atoms. The third-order valence-electron chi connectivity index (χ3n) is 2.88. The average molecular weight is 310 g/mol. The van der Waals surface area contributed by atoms with E-state index in [4.69, 9.17) is 9.26 Å². The molecule has 0 atom stereocenters. The molecule has 1 aromatic heterocycles. The quantitative estimate of drug-likeness (QED) is 0.847. The van der Waals surface area contributed by atoms with Crippen LogP contribution in [0.15, 0.2) is 34.9 Å². The Labute approximate surface area is 124 Å². The maximum Gasteiger partial charge on any atom is 0.211 e. The molecule has 2 rings (SSSR count). The maximum absolute atomic E-state index is 11.6. The predicted octanol–water partition coefficient (Wildman–Crippen LogP) is 2.18. The van der Waals surface area contributed by atoms with Gasteiger partial charge in [0.05, 0.1) is 25.1 Å². The molecule has 0 unspecified atom stereocenters. The SMILES string of the molecule is CCCS(=O)(=O)NCc1cc(-c2ccc(OC)cc2)on1. The van der Waals surface area contributed by atoms with Crippen molar-refractivity contribution in [2.75, 3.05) is 12.9 Å². The minimum Gasteiger partial charge on any atom is -0.497 e. The molecule has 1 aromatic carbocycles. The van der Waals surface area contributed by atoms with Crippen molar-refractivity contribution in [2.24, 2.45) is 0 Å². The zero-order valence-corrected chi connectivity index (χ0v) is 12.8. The Balaban J connectivity index is 2.04. The van der Waals surface area contributed by atoms with Crippen molar-refractivity contribution >= 4 is 10.0 Å². The number of ether oxygens (including phenoxy) is 1. The van der Waals surface area contributed by atoms with E-state index in [1.54, 1.807) is 13.2 Å². The Morgan fingerprint density at radius 2 is 2.00 bits per heavy atom. The minimum absolute atomic E-state index is 0.107. The number of hydrogen-bond acceptors (Lipinski definition) is 5. The van der Waals surface area contributed by atoms with Crippen molar-refractivity contribution in [3.05, 3.63) is 36.0 Å². The average Bonchev–Trinajstić information content (AvgIpc) is 2.94. The van der Waals surface area contributed by atoms with Crippen LogP contribution in [-0.2, 0) is 16.6 Å². The Bertz CT molecular complexity index is 677. The highest BCUT2D eigenvalue weighted by Gasteiger charge is 2.11. The molecule has 2 aromatic rings. The summed E-state index contributed by atoms with van der Waals surface area (Å²) in [5.74, 6) is 1.45. The molecule has 6 nitrogen and oxygen atoms in total. The Hall–Kier alpha value is -1.86. The molecule has 0 bridgehead atoms. The second-order valence-corrected chi connectivity index (χ2v) is 6.48. The van der Waals surface area contributed by atoms with E-state index in [-0.39, 0.29) is 12.3 Å². The third-order valence-corrected chi connectivity index (χ3v) is 4.41. The molecule has 0 spiro atoms. The van der Waals surface area contributed by atoms with Gasteiger partial charge < -0.3 is 9.26 Å². The largest absolute Gasteiger partial charge is 0.497 e. The van der Waals surface area contributed by atoms with Crippen LogP contribution in [0, 0.1) is 0 Å². The number of hydrogen-bond donors (Lipinski definition) is 1. The van der Waals surface area contributed by atoms with Crippen molar-refractivity contribution in [1.82, 2.24) is 9.88 Å². The van der Waals surface area contributed by atoms with Crippen molar-refractivity contribution in [3.8, 4) is 17.1 Å². The van der Waals surface area contributed by atoms with Gasteiger partial charge in [-0.05, 0) is 30.7 Å². The zero-order chi connectivity index (χ0) is 15.3. The van der Waals surface area contributed by atoms with Gasteiger partial charge in [0.2, 0.25) is 10.0 Å². The van der Waals surface area contributed by atoms with Gasteiger partial charge in [0, 0.05) is 11.6 Å². The van der Waals surface area contributed by atoms with Crippen LogP contribution in [0.4, 0.5) is 0 Å². The fourth-order valence-electron chi connectivity index (χ4n) is 1.81. The lowest BCUT2D eigenvalue weighted by atomic mass is 10.1. The first-order chi connectivity index (χ1) is 10.0. The molecule has 0 fully saturated rings. The standard InChI is InChI=1S/C14H18N2O4S/c1-3-8-21(17,18)15-10-12-9-14(20-16-12)11-4-6-13(19-2)7-5-11/h4-7,9,15H,3,8,10H2,1-2H3. The highest BCUT2D eigenvalue weighted by molar-refractivity contribution is 7.89. The summed E-state index contributed by atoms with van der Waals surface area (Å²) in [7, 11) is -1.64. The van der Waals surface area contributed by atoms with E-state index in [2.05, 4.69) is 9.88 Å². The Morgan fingerprint density at radius 3 is 2.62 bits per heavy atom. The highest BCUT2D eigenvalue weighted by atomic mass is 32.2. The van der Waals surface area contributed by atoms with Crippen LogP contribution in [0.2, 0.25) is 0 Å². The highest BCUT2D eigenvalue weighted by Crippen LogP contribution is 2.23. The molecule has 1 N–H and O–H groups in total. The molecule has 0 saturated heterocycles. The van der Waals surface area contributed by atoms with Gasteiger partial charge in [-0.2, -0.15) is 0 Å². The molecule has 1 heterocycles. The number of nitrogens with zero attached hydrogens (tertiary/aromatic N) is 1. The summed E-state index contributed by atoms with van der Waals surface area (Å²) in [4.78, 5) is 0. The van der Waals surface area contributed by atoms with Crippen molar-refractivity contribution < 1.29 is 17.7 Å². The lowest BCUT2D eigenvalue weighted by molar-refractivity contribution is 0.414. The van der Waals surface area contributed by atoms with Crippen LogP contribution >= 0.6 is 0 Å². The third kappa shape index (κ3) is 4.30. The molecule has 0 aliphatic carbocycles. The molecular formula is C14H18N2O4S. The molecular weight excluding hydrogens is 292 g/mol. The van der Waals surface area contributed by atoms with Crippen LogP contribution in [0.5, 0.6) is 5.75 Å². The van der Waals surface area contributed by atoms with Crippen LogP contribution < -0.4 is 9.46 Å². The second-order valence-electron chi connectivity index (χ2n) is 4.55. The lowest BCUT2D eigenvalue weighted by Gasteiger charge is -2.02. The van der Waals surface area contributed by atoms with E-state index in [0.717, 1.165) is 11.3 Å². The number of methoxy groups -OCH3 is 1. The number of benzene rings is 1. The van der Waals surface area contributed by atoms with Crippen molar-refractivity contribution in [2.45, 2.75) is 19.9 Å². The van der Waals surface area contributed by atoms with E-state index >= 15 is 0 Å². The first-order valence-corrected chi connectivity index (χ1v) is 8.26. The van der Waals surface area contributed by atoms with E-state index in [1.807, 2.05) is 31.2 Å². The Kier molecular flexibility index (Phi) is 4.98. The second kappa shape index (κ2) is 6.73. The lowest BCUT2D eigenvalue weighted by Crippen LogP contribution is -2.25. The van der Waals surface area contributed by atoms with E-state index in [9.17, 15) is 8.42 Å². The molecule has 0 saturated carbocycles. The fourth-order valence-corrected chi connectivity index (χ4v) is 2.86. The summed E-state index contributed by atoms with van der Waals surface area (Å²) in [6, 6.07) is 9.06. The molecule has 0 aliphatic heterocycles. The monoisotopic (exact) mass is 310 g/mol. The first kappa shape index (κ1) is 15.5. The van der Waals surface area contributed by atoms with E-state index in [1.165, 1.54) is 0 Å². The van der Waals surface area contributed by atoms with Gasteiger partial charge in [-0.25, -0.2) is 13.1 Å². The van der Waals surface area contributed by atoms with Crippen molar-refractivity contribution in [3.63, 3.8) is 0 Å². The van der Waals surface area contributed by atoms with Gasteiger partial charge in [0.15, 0.2) is 5.76 Å². The predicted molar refractivity (Wildman–Crippen MR) is 79.4 cm³/mol. The van der Waals surface area contributed by atoms with E-state index in [0.29, 0.717) is 17.9 Å². The summed E-state index contributed by atoms with van der Waals surface area (Å²) in [5, 5.41) is 3.87. The number of rotatable bonds is 7. The number of aromatic nitrogens is 1. The summed E-state index contributed by atoms with van der Waals surface area (Å²) < 4.78 is 35.9. The van der Waals surface area contributed by atoms with Crippen LogP contribution in [-0.4, -0.2) is 26.4 Å². The van der Waals surface area contributed by atoms with Crippen LogP contribution in [0.25, 0.3) is 11.3 Å². The van der Waals surface area contributed by atoms with Gasteiger partial charge in [-0.1, -0.05) is 12.1 Å².